The van der Waals surface area contributed by atoms with Crippen LogP contribution in [-0.2, 0) is 28.6 Å². The van der Waals surface area contributed by atoms with E-state index in [4.69, 9.17) is 19.7 Å². The van der Waals surface area contributed by atoms with Gasteiger partial charge in [0.25, 0.3) is 6.47 Å². The van der Waals surface area contributed by atoms with E-state index in [0.717, 1.165) is 13.8 Å². The van der Waals surface area contributed by atoms with E-state index in [1.165, 1.54) is 4.99 Å². The van der Waals surface area contributed by atoms with E-state index in [0.29, 0.717) is 0 Å². The van der Waals surface area contributed by atoms with Gasteiger partial charge in [-0.25, -0.2) is 0 Å². The van der Waals surface area contributed by atoms with Crippen molar-refractivity contribution in [1.82, 2.24) is 0 Å². The van der Waals surface area contributed by atoms with Crippen LogP contribution in [0.3, 0.4) is 0 Å². The maximum absolute atomic E-state index is 11.1. The van der Waals surface area contributed by atoms with Gasteiger partial charge in [0.2, 0.25) is 0 Å². The number of hydrogen-bond acceptors (Lipinski definition) is 7. The monoisotopic (exact) mass is 349 g/mol. The van der Waals surface area contributed by atoms with Crippen LogP contribution in [-0.4, -0.2) is 37.2 Å². The maximum atomic E-state index is 11.1. The Morgan fingerprint density at radius 2 is 2.05 bits per heavy atom. The third-order valence-electron chi connectivity index (χ3n) is 1.88. The summed E-state index contributed by atoms with van der Waals surface area (Å²) < 4.78 is 14.3. The SMILES string of the molecule is CC(=O)OC[C@@H](OC=O)[C@@H](OC(C)=O)/C(=C/Br)N=[N+]=[N-]. The zero-order valence-corrected chi connectivity index (χ0v) is 12.3. The summed E-state index contributed by atoms with van der Waals surface area (Å²) in [6.07, 6.45) is -2.36. The van der Waals surface area contributed by atoms with Gasteiger partial charge in [-0.05, 0) is 10.5 Å². The van der Waals surface area contributed by atoms with Gasteiger partial charge < -0.3 is 14.2 Å². The summed E-state index contributed by atoms with van der Waals surface area (Å²) in [6, 6.07) is 0. The third kappa shape index (κ3) is 6.76. The highest BCUT2D eigenvalue weighted by Crippen LogP contribution is 2.18. The number of esters is 2. The predicted octanol–water partition coefficient (Wildman–Crippen LogP) is 1.57. The number of rotatable bonds is 8. The Hall–Kier alpha value is -2.06. The molecule has 0 aliphatic heterocycles. The average Bonchev–Trinajstić information content (AvgIpc) is 2.38. The number of halogens is 1. The fourth-order valence-corrected chi connectivity index (χ4v) is 1.52. The molecule has 0 saturated carbocycles. The largest absolute Gasteiger partial charge is 0.462 e. The first-order chi connectivity index (χ1) is 9.46. The van der Waals surface area contributed by atoms with Crippen molar-refractivity contribution >= 4 is 34.3 Å². The van der Waals surface area contributed by atoms with Crippen LogP contribution < -0.4 is 0 Å². The second-order valence-corrected chi connectivity index (χ2v) is 3.78. The number of azide groups is 1. The van der Waals surface area contributed by atoms with Gasteiger partial charge in [0.15, 0.2) is 12.2 Å². The van der Waals surface area contributed by atoms with Crippen LogP contribution in [0.25, 0.3) is 10.4 Å². The minimum atomic E-state index is -1.22. The third-order valence-corrected chi connectivity index (χ3v) is 2.34. The van der Waals surface area contributed by atoms with E-state index in [9.17, 15) is 14.4 Å². The molecule has 0 bridgehead atoms. The standard InChI is InChI=1S/C10H12BrN3O6/c1-6(16)18-4-9(19-5-15)10(20-7(2)17)8(3-11)13-14-12/h3,5,9-10H,4H2,1-2H3/b8-3-/t9-,10+/m1/s1. The van der Waals surface area contributed by atoms with Crippen LogP contribution in [0.2, 0.25) is 0 Å². The molecule has 0 aliphatic carbocycles. The molecule has 9 nitrogen and oxygen atoms in total. The highest BCUT2D eigenvalue weighted by atomic mass is 79.9. The number of carbonyl (C=O) groups excluding carboxylic acids is 3. The fourth-order valence-electron chi connectivity index (χ4n) is 1.17. The van der Waals surface area contributed by atoms with Crippen molar-refractivity contribution < 1.29 is 28.6 Å². The Morgan fingerprint density at radius 1 is 1.40 bits per heavy atom. The van der Waals surface area contributed by atoms with Gasteiger partial charge in [-0.3, -0.25) is 14.4 Å². The summed E-state index contributed by atoms with van der Waals surface area (Å²) in [5.41, 5.74) is 8.39. The topological polar surface area (TPSA) is 128 Å². The molecule has 0 rings (SSSR count). The first kappa shape index (κ1) is 17.9. The quantitative estimate of drug-likeness (QED) is 0.163. The molecule has 0 radical (unpaired) electrons. The molecule has 0 fully saturated rings. The van der Waals surface area contributed by atoms with E-state index >= 15 is 0 Å². The van der Waals surface area contributed by atoms with Crippen LogP contribution in [0.1, 0.15) is 13.8 Å². The predicted molar refractivity (Wildman–Crippen MR) is 69.3 cm³/mol. The molecule has 0 aliphatic rings. The molecule has 10 heteroatoms. The summed E-state index contributed by atoms with van der Waals surface area (Å²) in [5.74, 6) is -1.31. The molecule has 0 saturated heterocycles. The first-order valence-corrected chi connectivity index (χ1v) is 6.12. The molecular weight excluding hydrogens is 338 g/mol. The Kier molecular flexibility index (Phi) is 8.80. The van der Waals surface area contributed by atoms with Gasteiger partial charge in [-0.15, -0.1) is 0 Å². The molecule has 0 spiro atoms. The maximum Gasteiger partial charge on any atom is 0.303 e. The lowest BCUT2D eigenvalue weighted by molar-refractivity contribution is -0.164. The molecule has 0 aromatic heterocycles. The van der Waals surface area contributed by atoms with Crippen molar-refractivity contribution in [3.05, 3.63) is 21.1 Å². The number of carbonyl (C=O) groups is 3. The van der Waals surface area contributed by atoms with E-state index in [1.807, 2.05) is 0 Å². The lowest BCUT2D eigenvalue weighted by Gasteiger charge is -2.24. The van der Waals surface area contributed by atoms with Crippen molar-refractivity contribution in [2.45, 2.75) is 26.1 Å². The van der Waals surface area contributed by atoms with Gasteiger partial charge >= 0.3 is 11.9 Å². The van der Waals surface area contributed by atoms with Crippen LogP contribution in [0, 0.1) is 0 Å². The lowest BCUT2D eigenvalue weighted by atomic mass is 10.1. The van der Waals surface area contributed by atoms with E-state index in [2.05, 4.69) is 26.0 Å². The Bertz CT molecular complexity index is 446. The number of nitrogens with zero attached hydrogens (tertiary/aromatic N) is 3. The highest BCUT2D eigenvalue weighted by molar-refractivity contribution is 9.11. The molecule has 0 N–H and O–H groups in total. The van der Waals surface area contributed by atoms with E-state index < -0.39 is 24.1 Å². The minimum absolute atomic E-state index is 0.0540. The van der Waals surface area contributed by atoms with Crippen molar-refractivity contribution in [2.24, 2.45) is 5.11 Å². The first-order valence-electron chi connectivity index (χ1n) is 5.21. The van der Waals surface area contributed by atoms with Crippen LogP contribution in [0.4, 0.5) is 0 Å². The van der Waals surface area contributed by atoms with Gasteiger partial charge in [0, 0.05) is 18.8 Å². The van der Waals surface area contributed by atoms with Crippen LogP contribution in [0.15, 0.2) is 15.8 Å². The zero-order chi connectivity index (χ0) is 15.5. The molecule has 0 aromatic rings. The second kappa shape index (κ2) is 9.82. The van der Waals surface area contributed by atoms with Crippen molar-refractivity contribution in [2.75, 3.05) is 6.61 Å². The molecular formula is C10H12BrN3O6. The fraction of sp³-hybridized carbons (Fsp3) is 0.500. The summed E-state index contributed by atoms with van der Waals surface area (Å²) in [5, 5.41) is 3.31. The smallest absolute Gasteiger partial charge is 0.303 e. The van der Waals surface area contributed by atoms with Crippen molar-refractivity contribution in [3.8, 4) is 0 Å². The summed E-state index contributed by atoms with van der Waals surface area (Å²) in [7, 11) is 0. The summed E-state index contributed by atoms with van der Waals surface area (Å²) in [4.78, 5) is 36.1. The molecule has 0 unspecified atom stereocenters. The molecule has 0 heterocycles. The molecule has 110 valence electrons. The number of hydrogen-bond donors (Lipinski definition) is 0. The van der Waals surface area contributed by atoms with Crippen LogP contribution in [0.5, 0.6) is 0 Å². The normalized spacial score (nSPS) is 13.4. The Labute approximate surface area is 122 Å². The Morgan fingerprint density at radius 3 is 2.45 bits per heavy atom. The molecule has 20 heavy (non-hydrogen) atoms. The number of ether oxygens (including phenoxy) is 3. The molecule has 0 aromatic carbocycles. The molecule has 2 atom stereocenters. The van der Waals surface area contributed by atoms with E-state index in [-0.39, 0.29) is 18.8 Å². The summed E-state index contributed by atoms with van der Waals surface area (Å²) >= 11 is 2.94. The van der Waals surface area contributed by atoms with Crippen molar-refractivity contribution in [3.63, 3.8) is 0 Å². The van der Waals surface area contributed by atoms with Gasteiger partial charge in [-0.2, -0.15) is 0 Å². The van der Waals surface area contributed by atoms with Gasteiger partial charge in [-0.1, -0.05) is 21.0 Å². The van der Waals surface area contributed by atoms with E-state index in [1.54, 1.807) is 0 Å². The minimum Gasteiger partial charge on any atom is -0.462 e. The average molecular weight is 350 g/mol. The lowest BCUT2D eigenvalue weighted by Crippen LogP contribution is -2.38. The highest BCUT2D eigenvalue weighted by Gasteiger charge is 2.30. The second-order valence-electron chi connectivity index (χ2n) is 3.33. The van der Waals surface area contributed by atoms with Crippen LogP contribution >= 0.6 is 15.9 Å². The molecule has 0 amide bonds. The summed E-state index contributed by atoms with van der Waals surface area (Å²) in [6.45, 7) is 2.02. The zero-order valence-electron chi connectivity index (χ0n) is 10.7. The van der Waals surface area contributed by atoms with Gasteiger partial charge in [0.1, 0.15) is 6.61 Å². The van der Waals surface area contributed by atoms with Crippen molar-refractivity contribution in [1.29, 1.82) is 0 Å². The Balaban J connectivity index is 5.27. The van der Waals surface area contributed by atoms with Gasteiger partial charge in [0.05, 0.1) is 5.70 Å².